The Morgan fingerprint density at radius 2 is 2.00 bits per heavy atom. The molecule has 0 saturated carbocycles. The second-order valence-corrected chi connectivity index (χ2v) is 4.59. The Balaban J connectivity index is 2.81. The predicted octanol–water partition coefficient (Wildman–Crippen LogP) is 1.49. The van der Waals surface area contributed by atoms with Crippen molar-refractivity contribution in [2.75, 3.05) is 0 Å². The molecular formula is C11H18N2O. The van der Waals surface area contributed by atoms with Gasteiger partial charge in [0.1, 0.15) is 0 Å². The van der Waals surface area contributed by atoms with E-state index in [-0.39, 0.29) is 5.41 Å². The second-order valence-electron chi connectivity index (χ2n) is 4.59. The van der Waals surface area contributed by atoms with Crippen molar-refractivity contribution in [3.05, 3.63) is 30.1 Å². The molecule has 3 nitrogen and oxygen atoms in total. The average Bonchev–Trinajstić information content (AvgIpc) is 2.15. The number of nitrogens with zero attached hydrogens (tertiary/aromatic N) is 1. The lowest BCUT2D eigenvalue weighted by Gasteiger charge is -2.30. The van der Waals surface area contributed by atoms with Gasteiger partial charge in [0.2, 0.25) is 0 Å². The summed E-state index contributed by atoms with van der Waals surface area (Å²) in [5, 5.41) is 9.94. The fourth-order valence-electron chi connectivity index (χ4n) is 1.27. The highest BCUT2D eigenvalue weighted by Gasteiger charge is 2.29. The highest BCUT2D eigenvalue weighted by Crippen LogP contribution is 2.27. The molecule has 3 heteroatoms. The van der Waals surface area contributed by atoms with E-state index in [0.29, 0.717) is 0 Å². The lowest BCUT2D eigenvalue weighted by atomic mass is 9.84. The molecule has 0 aliphatic carbocycles. The smallest absolute Gasteiger partial charge is 0.0796 e. The molecule has 0 fully saturated rings. The van der Waals surface area contributed by atoms with Crippen LogP contribution in [-0.2, 0) is 0 Å². The van der Waals surface area contributed by atoms with Crippen LogP contribution in [-0.4, -0.2) is 16.2 Å². The van der Waals surface area contributed by atoms with Gasteiger partial charge in [0.05, 0.1) is 17.8 Å². The minimum atomic E-state index is -0.586. The number of aliphatic hydroxyl groups is 1. The van der Waals surface area contributed by atoms with Crippen molar-refractivity contribution in [1.82, 2.24) is 4.98 Å². The topological polar surface area (TPSA) is 59.1 Å². The van der Waals surface area contributed by atoms with Crippen LogP contribution in [0.4, 0.5) is 0 Å². The summed E-state index contributed by atoms with van der Waals surface area (Å²) in [6.45, 7) is 5.88. The maximum Gasteiger partial charge on any atom is 0.0796 e. The number of pyridine rings is 1. The summed E-state index contributed by atoms with van der Waals surface area (Å²) in [5.41, 5.74) is 6.42. The Bertz CT molecular complexity index is 279. The third kappa shape index (κ3) is 2.53. The molecular weight excluding hydrogens is 176 g/mol. The third-order valence-electron chi connectivity index (χ3n) is 2.26. The van der Waals surface area contributed by atoms with Gasteiger partial charge in [-0.2, -0.15) is 0 Å². The SMILES string of the molecule is CC(C)(C)[C@H](O)[C@H](N)c1ccccn1. The zero-order valence-electron chi connectivity index (χ0n) is 8.94. The second kappa shape index (κ2) is 4.07. The Labute approximate surface area is 85.0 Å². The third-order valence-corrected chi connectivity index (χ3v) is 2.26. The summed E-state index contributed by atoms with van der Waals surface area (Å²) < 4.78 is 0. The molecule has 0 saturated heterocycles. The Hall–Kier alpha value is -0.930. The van der Waals surface area contributed by atoms with E-state index in [0.717, 1.165) is 5.69 Å². The number of nitrogens with two attached hydrogens (primary N) is 1. The number of aliphatic hydroxyl groups excluding tert-OH is 1. The molecule has 0 bridgehead atoms. The highest BCUT2D eigenvalue weighted by molar-refractivity contribution is 5.10. The summed E-state index contributed by atoms with van der Waals surface area (Å²) in [4.78, 5) is 4.13. The number of hydrogen-bond donors (Lipinski definition) is 2. The van der Waals surface area contributed by atoms with Gasteiger partial charge in [-0.15, -0.1) is 0 Å². The van der Waals surface area contributed by atoms with Crippen molar-refractivity contribution >= 4 is 0 Å². The van der Waals surface area contributed by atoms with Crippen LogP contribution in [0.25, 0.3) is 0 Å². The molecule has 3 N–H and O–H groups in total. The van der Waals surface area contributed by atoms with E-state index in [4.69, 9.17) is 5.73 Å². The van der Waals surface area contributed by atoms with E-state index in [2.05, 4.69) is 4.98 Å². The van der Waals surface area contributed by atoms with Crippen LogP contribution in [0.5, 0.6) is 0 Å². The van der Waals surface area contributed by atoms with Gasteiger partial charge < -0.3 is 10.8 Å². The summed E-state index contributed by atoms with van der Waals surface area (Å²) >= 11 is 0. The molecule has 14 heavy (non-hydrogen) atoms. The van der Waals surface area contributed by atoms with Crippen LogP contribution in [0.15, 0.2) is 24.4 Å². The fourth-order valence-corrected chi connectivity index (χ4v) is 1.27. The lowest BCUT2D eigenvalue weighted by molar-refractivity contribution is 0.0390. The van der Waals surface area contributed by atoms with Crippen molar-refractivity contribution < 1.29 is 5.11 Å². The normalized spacial score (nSPS) is 16.4. The van der Waals surface area contributed by atoms with E-state index in [1.165, 1.54) is 0 Å². The van der Waals surface area contributed by atoms with Gasteiger partial charge in [0, 0.05) is 6.20 Å². The molecule has 2 atom stereocenters. The molecule has 0 aliphatic heterocycles. The van der Waals surface area contributed by atoms with Crippen LogP contribution in [0.3, 0.4) is 0 Å². The maximum absolute atomic E-state index is 9.94. The lowest BCUT2D eigenvalue weighted by Crippen LogP contribution is -2.37. The van der Waals surface area contributed by atoms with Crippen LogP contribution in [0.2, 0.25) is 0 Å². The van der Waals surface area contributed by atoms with Crippen LogP contribution < -0.4 is 5.73 Å². The number of aromatic nitrogens is 1. The molecule has 1 aromatic heterocycles. The quantitative estimate of drug-likeness (QED) is 0.750. The van der Waals surface area contributed by atoms with Gasteiger partial charge in [-0.1, -0.05) is 26.8 Å². The van der Waals surface area contributed by atoms with Crippen molar-refractivity contribution in [2.24, 2.45) is 11.1 Å². The van der Waals surface area contributed by atoms with Gasteiger partial charge in [0.15, 0.2) is 0 Å². The number of rotatable bonds is 2. The summed E-state index contributed by atoms with van der Waals surface area (Å²) in [5.74, 6) is 0. The molecule has 0 aliphatic rings. The molecule has 0 radical (unpaired) electrons. The van der Waals surface area contributed by atoms with E-state index < -0.39 is 12.1 Å². The molecule has 78 valence electrons. The van der Waals surface area contributed by atoms with Gasteiger partial charge in [-0.3, -0.25) is 4.98 Å². The fraction of sp³-hybridized carbons (Fsp3) is 0.545. The van der Waals surface area contributed by atoms with Crippen molar-refractivity contribution in [2.45, 2.75) is 32.9 Å². The first-order valence-corrected chi connectivity index (χ1v) is 4.77. The van der Waals surface area contributed by atoms with Crippen molar-refractivity contribution in [1.29, 1.82) is 0 Å². The minimum absolute atomic E-state index is 0.225. The zero-order valence-corrected chi connectivity index (χ0v) is 8.94. The molecule has 1 rings (SSSR count). The monoisotopic (exact) mass is 194 g/mol. The van der Waals surface area contributed by atoms with E-state index in [9.17, 15) is 5.11 Å². The summed E-state index contributed by atoms with van der Waals surface area (Å²) in [6.07, 6.45) is 1.10. The van der Waals surface area contributed by atoms with Crippen LogP contribution in [0, 0.1) is 5.41 Å². The molecule has 0 unspecified atom stereocenters. The van der Waals surface area contributed by atoms with Gasteiger partial charge in [0.25, 0.3) is 0 Å². The van der Waals surface area contributed by atoms with Crippen molar-refractivity contribution in [3.63, 3.8) is 0 Å². The maximum atomic E-state index is 9.94. The molecule has 0 spiro atoms. The molecule has 1 aromatic rings. The zero-order chi connectivity index (χ0) is 10.8. The minimum Gasteiger partial charge on any atom is -0.391 e. The Morgan fingerprint density at radius 1 is 1.36 bits per heavy atom. The van der Waals surface area contributed by atoms with E-state index in [1.807, 2.05) is 39.0 Å². The Kier molecular flexibility index (Phi) is 3.24. The van der Waals surface area contributed by atoms with Crippen LogP contribution >= 0.6 is 0 Å². The number of hydrogen-bond acceptors (Lipinski definition) is 3. The average molecular weight is 194 g/mol. The van der Waals surface area contributed by atoms with Gasteiger partial charge in [-0.05, 0) is 17.5 Å². The standard InChI is InChI=1S/C11H18N2O/c1-11(2,3)10(14)9(12)8-6-4-5-7-13-8/h4-7,9-10,14H,12H2,1-3H3/t9-,10-/m1/s1. The Morgan fingerprint density at radius 3 is 2.43 bits per heavy atom. The largest absolute Gasteiger partial charge is 0.391 e. The molecule has 0 amide bonds. The first-order valence-electron chi connectivity index (χ1n) is 4.77. The van der Waals surface area contributed by atoms with Crippen LogP contribution in [0.1, 0.15) is 32.5 Å². The first kappa shape index (κ1) is 11.1. The van der Waals surface area contributed by atoms with E-state index in [1.54, 1.807) is 6.20 Å². The van der Waals surface area contributed by atoms with E-state index >= 15 is 0 Å². The predicted molar refractivity (Wildman–Crippen MR) is 56.6 cm³/mol. The molecule has 1 heterocycles. The summed E-state index contributed by atoms with van der Waals surface area (Å²) in [7, 11) is 0. The van der Waals surface area contributed by atoms with Crippen molar-refractivity contribution in [3.8, 4) is 0 Å². The van der Waals surface area contributed by atoms with Gasteiger partial charge in [-0.25, -0.2) is 0 Å². The summed E-state index contributed by atoms with van der Waals surface area (Å²) in [6, 6.07) is 5.12. The molecule has 0 aromatic carbocycles. The first-order chi connectivity index (χ1) is 6.43. The van der Waals surface area contributed by atoms with Gasteiger partial charge >= 0.3 is 0 Å². The highest BCUT2D eigenvalue weighted by atomic mass is 16.3.